The van der Waals surface area contributed by atoms with Crippen LogP contribution in [0.5, 0.6) is 0 Å². The Bertz CT molecular complexity index is 137. The van der Waals surface area contributed by atoms with Crippen molar-refractivity contribution in [3.8, 4) is 0 Å². The summed E-state index contributed by atoms with van der Waals surface area (Å²) in [6.07, 6.45) is 6.77. The lowest BCUT2D eigenvalue weighted by Crippen LogP contribution is -2.28. The van der Waals surface area contributed by atoms with Gasteiger partial charge in [0.1, 0.15) is 0 Å². The second kappa shape index (κ2) is 11.4. The van der Waals surface area contributed by atoms with Crippen LogP contribution in [0.25, 0.3) is 0 Å². The Morgan fingerprint density at radius 1 is 1.06 bits per heavy atom. The first-order valence-corrected chi connectivity index (χ1v) is 6.99. The van der Waals surface area contributed by atoms with E-state index >= 15 is 0 Å². The molecular weight excluding hydrogens is 198 g/mol. The third kappa shape index (κ3) is 12.0. The van der Waals surface area contributed by atoms with E-state index in [0.29, 0.717) is 6.10 Å². The van der Waals surface area contributed by atoms with Crippen molar-refractivity contribution in [1.29, 1.82) is 0 Å². The molecule has 0 radical (unpaired) electrons. The number of hydrogen-bond acceptors (Lipinski definition) is 2. The third-order valence-corrected chi connectivity index (χ3v) is 2.73. The van der Waals surface area contributed by atoms with Gasteiger partial charge in [0.15, 0.2) is 0 Å². The van der Waals surface area contributed by atoms with E-state index in [1.165, 1.54) is 32.1 Å². The summed E-state index contributed by atoms with van der Waals surface area (Å²) in [5.74, 6) is 0.790. The zero-order valence-electron chi connectivity index (χ0n) is 11.7. The molecule has 2 nitrogen and oxygen atoms in total. The van der Waals surface area contributed by atoms with E-state index in [9.17, 15) is 0 Å². The normalized spacial score (nSPS) is 13.3. The number of ether oxygens (including phenoxy) is 1. The van der Waals surface area contributed by atoms with Gasteiger partial charge >= 0.3 is 0 Å². The summed E-state index contributed by atoms with van der Waals surface area (Å²) in [6, 6.07) is 0. The zero-order chi connectivity index (χ0) is 12.2. The summed E-state index contributed by atoms with van der Waals surface area (Å²) in [4.78, 5) is 0. The molecule has 0 amide bonds. The number of rotatable bonds is 11. The van der Waals surface area contributed by atoms with Crippen molar-refractivity contribution in [2.45, 2.75) is 65.9 Å². The molecule has 0 fully saturated rings. The lowest BCUT2D eigenvalue weighted by Gasteiger charge is -2.14. The lowest BCUT2D eigenvalue weighted by atomic mass is 10.1. The standard InChI is InChI=1S/C14H31NO/c1-5-6-7-8-11-16-14(4)12-15-10-9-13(2)3/h13-15H,5-12H2,1-4H3. The molecule has 0 aromatic rings. The summed E-state index contributed by atoms with van der Waals surface area (Å²) in [7, 11) is 0. The van der Waals surface area contributed by atoms with Crippen LogP contribution in [0.3, 0.4) is 0 Å². The van der Waals surface area contributed by atoms with Gasteiger partial charge in [-0.05, 0) is 32.2 Å². The molecule has 0 rings (SSSR count). The molecule has 0 spiro atoms. The van der Waals surface area contributed by atoms with Gasteiger partial charge in [-0.1, -0.05) is 40.0 Å². The minimum Gasteiger partial charge on any atom is -0.377 e. The van der Waals surface area contributed by atoms with Crippen LogP contribution in [0.4, 0.5) is 0 Å². The molecule has 0 aliphatic heterocycles. The van der Waals surface area contributed by atoms with Crippen molar-refractivity contribution >= 4 is 0 Å². The predicted molar refractivity (Wildman–Crippen MR) is 71.9 cm³/mol. The highest BCUT2D eigenvalue weighted by molar-refractivity contribution is 4.57. The third-order valence-electron chi connectivity index (χ3n) is 2.73. The van der Waals surface area contributed by atoms with Crippen LogP contribution in [0.15, 0.2) is 0 Å². The monoisotopic (exact) mass is 229 g/mol. The van der Waals surface area contributed by atoms with E-state index in [1.54, 1.807) is 0 Å². The van der Waals surface area contributed by atoms with Crippen molar-refractivity contribution in [3.05, 3.63) is 0 Å². The fourth-order valence-electron chi connectivity index (χ4n) is 1.57. The van der Waals surface area contributed by atoms with E-state index in [-0.39, 0.29) is 0 Å². The van der Waals surface area contributed by atoms with Gasteiger partial charge in [-0.25, -0.2) is 0 Å². The van der Waals surface area contributed by atoms with Gasteiger partial charge in [0.2, 0.25) is 0 Å². The Balaban J connectivity index is 3.15. The average molecular weight is 229 g/mol. The molecule has 2 heteroatoms. The molecule has 1 N–H and O–H groups in total. The van der Waals surface area contributed by atoms with Crippen LogP contribution in [0.1, 0.15) is 59.8 Å². The second-order valence-electron chi connectivity index (χ2n) is 5.13. The van der Waals surface area contributed by atoms with Crippen LogP contribution in [-0.4, -0.2) is 25.8 Å². The summed E-state index contributed by atoms with van der Waals surface area (Å²) >= 11 is 0. The maximum atomic E-state index is 5.73. The van der Waals surface area contributed by atoms with E-state index < -0.39 is 0 Å². The van der Waals surface area contributed by atoms with E-state index in [0.717, 1.165) is 25.6 Å². The average Bonchev–Trinajstić information content (AvgIpc) is 2.24. The molecule has 0 aliphatic rings. The van der Waals surface area contributed by atoms with Gasteiger partial charge < -0.3 is 10.1 Å². The number of unbranched alkanes of at least 4 members (excludes halogenated alkanes) is 3. The first kappa shape index (κ1) is 15.9. The highest BCUT2D eigenvalue weighted by atomic mass is 16.5. The van der Waals surface area contributed by atoms with Crippen molar-refractivity contribution in [2.75, 3.05) is 19.7 Å². The first-order valence-electron chi connectivity index (χ1n) is 6.99. The molecule has 0 aromatic carbocycles. The maximum Gasteiger partial charge on any atom is 0.0671 e. The Morgan fingerprint density at radius 3 is 2.44 bits per heavy atom. The van der Waals surface area contributed by atoms with Crippen LogP contribution in [0.2, 0.25) is 0 Å². The summed E-state index contributed by atoms with van der Waals surface area (Å²) < 4.78 is 5.73. The largest absolute Gasteiger partial charge is 0.377 e. The summed E-state index contributed by atoms with van der Waals surface area (Å²) in [5.41, 5.74) is 0. The number of nitrogens with one attached hydrogen (secondary N) is 1. The van der Waals surface area contributed by atoms with Crippen molar-refractivity contribution < 1.29 is 4.74 Å². The molecule has 0 saturated carbocycles. The fourth-order valence-corrected chi connectivity index (χ4v) is 1.57. The molecule has 98 valence electrons. The van der Waals surface area contributed by atoms with E-state index in [2.05, 4.69) is 33.0 Å². The molecule has 0 saturated heterocycles. The SMILES string of the molecule is CCCCCCOC(C)CNCCC(C)C. The number of hydrogen-bond donors (Lipinski definition) is 1. The van der Waals surface area contributed by atoms with Gasteiger partial charge in [-0.2, -0.15) is 0 Å². The second-order valence-corrected chi connectivity index (χ2v) is 5.13. The Hall–Kier alpha value is -0.0800. The topological polar surface area (TPSA) is 21.3 Å². The quantitative estimate of drug-likeness (QED) is 0.547. The lowest BCUT2D eigenvalue weighted by molar-refractivity contribution is 0.0630. The van der Waals surface area contributed by atoms with Crippen LogP contribution in [-0.2, 0) is 4.74 Å². The Kier molecular flexibility index (Phi) is 11.3. The predicted octanol–water partition coefficient (Wildman–Crippen LogP) is 3.61. The first-order chi connectivity index (χ1) is 7.66. The Morgan fingerprint density at radius 2 is 1.81 bits per heavy atom. The molecule has 1 unspecified atom stereocenters. The maximum absolute atomic E-state index is 5.73. The summed E-state index contributed by atoms with van der Waals surface area (Å²) in [6.45, 7) is 11.9. The van der Waals surface area contributed by atoms with Gasteiger partial charge in [-0.3, -0.25) is 0 Å². The minimum absolute atomic E-state index is 0.355. The molecule has 0 heterocycles. The van der Waals surface area contributed by atoms with Gasteiger partial charge in [0.05, 0.1) is 6.10 Å². The molecule has 0 aliphatic carbocycles. The van der Waals surface area contributed by atoms with Crippen molar-refractivity contribution in [3.63, 3.8) is 0 Å². The van der Waals surface area contributed by atoms with E-state index in [4.69, 9.17) is 4.74 Å². The van der Waals surface area contributed by atoms with Crippen LogP contribution in [0, 0.1) is 5.92 Å². The highest BCUT2D eigenvalue weighted by Gasteiger charge is 2.01. The van der Waals surface area contributed by atoms with Crippen LogP contribution < -0.4 is 5.32 Å². The zero-order valence-corrected chi connectivity index (χ0v) is 11.7. The van der Waals surface area contributed by atoms with Crippen molar-refractivity contribution in [2.24, 2.45) is 5.92 Å². The molecule has 0 aromatic heterocycles. The summed E-state index contributed by atoms with van der Waals surface area (Å²) in [5, 5.41) is 3.44. The fraction of sp³-hybridized carbons (Fsp3) is 1.00. The van der Waals surface area contributed by atoms with Gasteiger partial charge in [-0.15, -0.1) is 0 Å². The molecule has 0 bridgehead atoms. The molecule has 16 heavy (non-hydrogen) atoms. The van der Waals surface area contributed by atoms with Gasteiger partial charge in [0, 0.05) is 13.2 Å². The molecular formula is C14H31NO. The van der Waals surface area contributed by atoms with E-state index in [1.807, 2.05) is 0 Å². The van der Waals surface area contributed by atoms with Gasteiger partial charge in [0.25, 0.3) is 0 Å². The molecule has 1 atom stereocenters. The smallest absolute Gasteiger partial charge is 0.0671 e. The Labute approximate surface area is 102 Å². The van der Waals surface area contributed by atoms with Crippen LogP contribution >= 0.6 is 0 Å². The minimum atomic E-state index is 0.355. The van der Waals surface area contributed by atoms with Crippen molar-refractivity contribution in [1.82, 2.24) is 5.32 Å². The highest BCUT2D eigenvalue weighted by Crippen LogP contribution is 2.01.